The van der Waals surface area contributed by atoms with E-state index in [1.165, 1.54) is 25.7 Å². The van der Waals surface area contributed by atoms with Crippen LogP contribution in [0.1, 0.15) is 49.7 Å². The van der Waals surface area contributed by atoms with Crippen molar-refractivity contribution in [3.05, 3.63) is 23.8 Å². The molecule has 1 fully saturated rings. The molecule has 4 heteroatoms. The van der Waals surface area contributed by atoms with E-state index in [1.807, 2.05) is 13.0 Å². The van der Waals surface area contributed by atoms with Crippen LogP contribution >= 0.6 is 0 Å². The van der Waals surface area contributed by atoms with Crippen LogP contribution in [0.15, 0.2) is 12.3 Å². The van der Waals surface area contributed by atoms with E-state index in [9.17, 15) is 0 Å². The maximum atomic E-state index is 5.62. The summed E-state index contributed by atoms with van der Waals surface area (Å²) in [5.41, 5.74) is 3.90. The SMILES string of the molecule is Cc1nccc(C(CC2CCCC2)NN)n1. The van der Waals surface area contributed by atoms with Gasteiger partial charge in [0, 0.05) is 6.20 Å². The van der Waals surface area contributed by atoms with Gasteiger partial charge < -0.3 is 0 Å². The molecule has 0 aromatic carbocycles. The molecule has 1 aromatic rings. The summed E-state index contributed by atoms with van der Waals surface area (Å²) >= 11 is 0. The van der Waals surface area contributed by atoms with Crippen molar-refractivity contribution in [2.75, 3.05) is 0 Å². The molecule has 0 radical (unpaired) electrons. The average molecular weight is 220 g/mol. The summed E-state index contributed by atoms with van der Waals surface area (Å²) in [7, 11) is 0. The molecular weight excluding hydrogens is 200 g/mol. The predicted molar refractivity (Wildman–Crippen MR) is 63.4 cm³/mol. The Morgan fingerprint density at radius 1 is 1.50 bits per heavy atom. The first-order chi connectivity index (χ1) is 7.79. The van der Waals surface area contributed by atoms with Gasteiger partial charge in [-0.1, -0.05) is 25.7 Å². The highest BCUT2D eigenvalue weighted by Gasteiger charge is 2.21. The number of nitrogens with zero attached hydrogens (tertiary/aromatic N) is 2. The Labute approximate surface area is 96.6 Å². The predicted octanol–water partition coefficient (Wildman–Crippen LogP) is 1.87. The fourth-order valence-electron chi connectivity index (χ4n) is 2.52. The summed E-state index contributed by atoms with van der Waals surface area (Å²) in [5.74, 6) is 7.23. The molecule has 0 spiro atoms. The van der Waals surface area contributed by atoms with Crippen molar-refractivity contribution in [3.63, 3.8) is 0 Å². The zero-order valence-electron chi connectivity index (χ0n) is 9.82. The lowest BCUT2D eigenvalue weighted by molar-refractivity contribution is 0.393. The number of nitrogens with one attached hydrogen (secondary N) is 1. The van der Waals surface area contributed by atoms with Gasteiger partial charge in [0.2, 0.25) is 0 Å². The molecule has 1 saturated carbocycles. The van der Waals surface area contributed by atoms with Crippen LogP contribution in [0.2, 0.25) is 0 Å². The van der Waals surface area contributed by atoms with Gasteiger partial charge >= 0.3 is 0 Å². The molecule has 88 valence electrons. The minimum atomic E-state index is 0.171. The van der Waals surface area contributed by atoms with Crippen LogP contribution in [-0.4, -0.2) is 9.97 Å². The lowest BCUT2D eigenvalue weighted by Crippen LogP contribution is -2.30. The van der Waals surface area contributed by atoms with Gasteiger partial charge in [0.05, 0.1) is 11.7 Å². The van der Waals surface area contributed by atoms with Gasteiger partial charge in [-0.15, -0.1) is 0 Å². The van der Waals surface area contributed by atoms with Gasteiger partial charge in [0.25, 0.3) is 0 Å². The van der Waals surface area contributed by atoms with E-state index >= 15 is 0 Å². The molecule has 3 N–H and O–H groups in total. The summed E-state index contributed by atoms with van der Waals surface area (Å²) in [4.78, 5) is 8.54. The Balaban J connectivity index is 2.03. The topological polar surface area (TPSA) is 63.8 Å². The fraction of sp³-hybridized carbons (Fsp3) is 0.667. The summed E-state index contributed by atoms with van der Waals surface area (Å²) in [6.07, 6.45) is 8.30. The lowest BCUT2D eigenvalue weighted by Gasteiger charge is -2.19. The third kappa shape index (κ3) is 2.77. The minimum absolute atomic E-state index is 0.171. The van der Waals surface area contributed by atoms with Crippen LogP contribution in [0, 0.1) is 12.8 Å². The maximum Gasteiger partial charge on any atom is 0.125 e. The molecule has 4 nitrogen and oxygen atoms in total. The first-order valence-corrected chi connectivity index (χ1v) is 6.05. The third-order valence-corrected chi connectivity index (χ3v) is 3.40. The number of aromatic nitrogens is 2. The van der Waals surface area contributed by atoms with Crippen LogP contribution in [0.5, 0.6) is 0 Å². The molecule has 2 rings (SSSR count). The second-order valence-electron chi connectivity index (χ2n) is 4.63. The van der Waals surface area contributed by atoms with Crippen LogP contribution < -0.4 is 11.3 Å². The zero-order chi connectivity index (χ0) is 11.4. The molecule has 0 amide bonds. The molecule has 1 aliphatic rings. The summed E-state index contributed by atoms with van der Waals surface area (Å²) < 4.78 is 0. The Morgan fingerprint density at radius 2 is 2.25 bits per heavy atom. The number of hydrogen-bond acceptors (Lipinski definition) is 4. The second kappa shape index (κ2) is 5.37. The number of rotatable bonds is 4. The first kappa shape index (κ1) is 11.5. The van der Waals surface area contributed by atoms with Crippen LogP contribution in [0.25, 0.3) is 0 Å². The molecule has 1 heterocycles. The van der Waals surface area contributed by atoms with Crippen molar-refractivity contribution in [2.24, 2.45) is 11.8 Å². The van der Waals surface area contributed by atoms with Crippen molar-refractivity contribution in [1.82, 2.24) is 15.4 Å². The fourth-order valence-corrected chi connectivity index (χ4v) is 2.52. The minimum Gasteiger partial charge on any atom is -0.271 e. The number of nitrogens with two attached hydrogens (primary N) is 1. The summed E-state index contributed by atoms with van der Waals surface area (Å²) in [6, 6.07) is 2.12. The standard InChI is InChI=1S/C12H20N4/c1-9-14-7-6-11(15-9)12(16-13)8-10-4-2-3-5-10/h6-7,10,12,16H,2-5,8,13H2,1H3. The quantitative estimate of drug-likeness (QED) is 0.600. The van der Waals surface area contributed by atoms with Gasteiger partial charge in [-0.3, -0.25) is 11.3 Å². The van der Waals surface area contributed by atoms with Gasteiger partial charge in [0.15, 0.2) is 0 Å². The van der Waals surface area contributed by atoms with E-state index < -0.39 is 0 Å². The van der Waals surface area contributed by atoms with Gasteiger partial charge in [0.1, 0.15) is 5.82 Å². The molecule has 1 aliphatic carbocycles. The van der Waals surface area contributed by atoms with E-state index in [1.54, 1.807) is 6.20 Å². The highest BCUT2D eigenvalue weighted by molar-refractivity contribution is 5.07. The van der Waals surface area contributed by atoms with E-state index in [0.717, 1.165) is 23.9 Å². The van der Waals surface area contributed by atoms with E-state index in [0.29, 0.717) is 0 Å². The molecule has 16 heavy (non-hydrogen) atoms. The van der Waals surface area contributed by atoms with Crippen LogP contribution in [-0.2, 0) is 0 Å². The van der Waals surface area contributed by atoms with Crippen molar-refractivity contribution in [3.8, 4) is 0 Å². The lowest BCUT2D eigenvalue weighted by atomic mass is 9.97. The van der Waals surface area contributed by atoms with E-state index in [-0.39, 0.29) is 6.04 Å². The molecule has 1 unspecified atom stereocenters. The number of hydrogen-bond donors (Lipinski definition) is 2. The molecule has 0 bridgehead atoms. The van der Waals surface area contributed by atoms with Crippen molar-refractivity contribution in [2.45, 2.75) is 45.1 Å². The molecule has 1 atom stereocenters. The Morgan fingerprint density at radius 3 is 2.88 bits per heavy atom. The smallest absolute Gasteiger partial charge is 0.125 e. The molecular formula is C12H20N4. The zero-order valence-corrected chi connectivity index (χ0v) is 9.82. The van der Waals surface area contributed by atoms with Crippen molar-refractivity contribution >= 4 is 0 Å². The molecule has 0 saturated heterocycles. The van der Waals surface area contributed by atoms with Crippen LogP contribution in [0.4, 0.5) is 0 Å². The molecule has 1 aromatic heterocycles. The van der Waals surface area contributed by atoms with Gasteiger partial charge in [-0.25, -0.2) is 9.97 Å². The highest BCUT2D eigenvalue weighted by Crippen LogP contribution is 2.32. The summed E-state index contributed by atoms with van der Waals surface area (Å²) in [5, 5.41) is 0. The normalized spacial score (nSPS) is 18.9. The summed E-state index contributed by atoms with van der Waals surface area (Å²) in [6.45, 7) is 1.91. The van der Waals surface area contributed by atoms with Crippen molar-refractivity contribution in [1.29, 1.82) is 0 Å². The van der Waals surface area contributed by atoms with E-state index in [4.69, 9.17) is 5.84 Å². The molecule has 0 aliphatic heterocycles. The maximum absolute atomic E-state index is 5.62. The second-order valence-corrected chi connectivity index (χ2v) is 4.63. The first-order valence-electron chi connectivity index (χ1n) is 6.05. The van der Waals surface area contributed by atoms with Gasteiger partial charge in [-0.2, -0.15) is 0 Å². The Bertz CT molecular complexity index is 334. The highest BCUT2D eigenvalue weighted by atomic mass is 15.2. The van der Waals surface area contributed by atoms with Gasteiger partial charge in [-0.05, 0) is 25.3 Å². The van der Waals surface area contributed by atoms with E-state index in [2.05, 4.69) is 15.4 Å². The largest absolute Gasteiger partial charge is 0.271 e. The monoisotopic (exact) mass is 220 g/mol. The number of hydrazine groups is 1. The van der Waals surface area contributed by atoms with Crippen LogP contribution in [0.3, 0.4) is 0 Å². The third-order valence-electron chi connectivity index (χ3n) is 3.40. The number of aryl methyl sites for hydroxylation is 1. The average Bonchev–Trinajstić information content (AvgIpc) is 2.78. The Kier molecular flexibility index (Phi) is 3.85. The van der Waals surface area contributed by atoms with Crippen molar-refractivity contribution < 1.29 is 0 Å². The Hall–Kier alpha value is -1.00.